The van der Waals surface area contributed by atoms with Crippen LogP contribution in [-0.4, -0.2) is 25.8 Å². The number of halogens is 1. The maximum Gasteiger partial charge on any atom is 0.309 e. The summed E-state index contributed by atoms with van der Waals surface area (Å²) in [5.41, 5.74) is 1.57. The zero-order chi connectivity index (χ0) is 19.8. The number of carboxylic acids is 1. The molecule has 0 radical (unpaired) electrons. The Labute approximate surface area is 167 Å². The van der Waals surface area contributed by atoms with Gasteiger partial charge in [0.05, 0.1) is 12.0 Å². The molecule has 0 spiro atoms. The molecular weight excluding hydrogens is 406 g/mol. The van der Waals surface area contributed by atoms with Gasteiger partial charge >= 0.3 is 5.97 Å². The lowest BCUT2D eigenvalue weighted by molar-refractivity contribution is -0.146. The second kappa shape index (κ2) is 7.43. The molecule has 0 unspecified atom stereocenters. The van der Waals surface area contributed by atoms with Crippen LogP contribution in [0.4, 0.5) is 0 Å². The Morgan fingerprint density at radius 2 is 1.81 bits per heavy atom. The molecule has 0 bridgehead atoms. The number of carboxylic acid groups (broad SMARTS) is 1. The molecule has 0 fully saturated rings. The van der Waals surface area contributed by atoms with E-state index in [-0.39, 0.29) is 0 Å². The van der Waals surface area contributed by atoms with Crippen LogP contribution in [0.15, 0.2) is 41.1 Å². The predicted molar refractivity (Wildman–Crippen MR) is 110 cm³/mol. The predicted octanol–water partition coefficient (Wildman–Crippen LogP) is 5.02. The van der Waals surface area contributed by atoms with E-state index in [4.69, 9.17) is 0 Å². The largest absolute Gasteiger partial charge is 0.481 e. The SMILES string of the molecule is CC(C)c1ccc(Cn2c(Br)nnc2CC(C)(C)C(=O)O)c2ccccc12. The fourth-order valence-electron chi connectivity index (χ4n) is 3.27. The Hall–Kier alpha value is -2.21. The smallest absolute Gasteiger partial charge is 0.309 e. The molecule has 2 aromatic carbocycles. The Morgan fingerprint density at radius 3 is 2.44 bits per heavy atom. The molecule has 0 saturated heterocycles. The van der Waals surface area contributed by atoms with Gasteiger partial charge in [0.1, 0.15) is 5.82 Å². The third-order valence-corrected chi connectivity index (χ3v) is 5.55. The van der Waals surface area contributed by atoms with Gasteiger partial charge in [-0.15, -0.1) is 10.2 Å². The minimum absolute atomic E-state index is 0.308. The van der Waals surface area contributed by atoms with Crippen LogP contribution in [0.3, 0.4) is 0 Å². The number of carbonyl (C=O) groups is 1. The second-order valence-electron chi connectivity index (χ2n) is 7.85. The summed E-state index contributed by atoms with van der Waals surface area (Å²) in [6, 6.07) is 12.7. The van der Waals surface area contributed by atoms with Gasteiger partial charge in [0.2, 0.25) is 0 Å². The summed E-state index contributed by atoms with van der Waals surface area (Å²) in [4.78, 5) is 11.5. The van der Waals surface area contributed by atoms with E-state index in [1.165, 1.54) is 16.3 Å². The van der Waals surface area contributed by atoms with Gasteiger partial charge in [-0.05, 0) is 57.6 Å². The highest BCUT2D eigenvalue weighted by atomic mass is 79.9. The van der Waals surface area contributed by atoms with Crippen LogP contribution < -0.4 is 0 Å². The molecule has 142 valence electrons. The molecule has 1 N–H and O–H groups in total. The van der Waals surface area contributed by atoms with Crippen LogP contribution in [0.25, 0.3) is 10.8 Å². The molecule has 3 rings (SSSR count). The standard InChI is InChI=1S/C21H24BrN3O2/c1-13(2)15-10-9-14(16-7-5-6-8-17(15)16)12-25-18(23-24-20(25)22)11-21(3,4)19(26)27/h5-10,13H,11-12H2,1-4H3,(H,26,27). The molecule has 0 aliphatic heterocycles. The molecule has 5 nitrogen and oxygen atoms in total. The Bertz CT molecular complexity index is 992. The molecule has 1 aromatic heterocycles. The van der Waals surface area contributed by atoms with Crippen molar-refractivity contribution in [3.05, 3.63) is 58.1 Å². The second-order valence-corrected chi connectivity index (χ2v) is 8.56. The van der Waals surface area contributed by atoms with Crippen LogP contribution in [0.1, 0.15) is 50.6 Å². The van der Waals surface area contributed by atoms with Crippen molar-refractivity contribution < 1.29 is 9.90 Å². The molecule has 27 heavy (non-hydrogen) atoms. The van der Waals surface area contributed by atoms with Gasteiger partial charge in [-0.2, -0.15) is 0 Å². The summed E-state index contributed by atoms with van der Waals surface area (Å²) in [6.07, 6.45) is 0.308. The lowest BCUT2D eigenvalue weighted by Gasteiger charge is -2.19. The fourth-order valence-corrected chi connectivity index (χ4v) is 3.68. The molecule has 1 heterocycles. The summed E-state index contributed by atoms with van der Waals surface area (Å²) >= 11 is 3.46. The van der Waals surface area contributed by atoms with E-state index in [1.807, 2.05) is 10.6 Å². The average Bonchev–Trinajstić information content (AvgIpc) is 2.94. The molecule has 0 saturated carbocycles. The van der Waals surface area contributed by atoms with Gasteiger partial charge in [-0.3, -0.25) is 4.79 Å². The van der Waals surface area contributed by atoms with Gasteiger partial charge in [-0.1, -0.05) is 50.2 Å². The third-order valence-electron chi connectivity index (χ3n) is 4.96. The molecule has 0 atom stereocenters. The van der Waals surface area contributed by atoms with Crippen LogP contribution in [0.5, 0.6) is 0 Å². The molecule has 6 heteroatoms. The van der Waals surface area contributed by atoms with E-state index < -0.39 is 11.4 Å². The van der Waals surface area contributed by atoms with Crippen LogP contribution >= 0.6 is 15.9 Å². The maximum absolute atomic E-state index is 11.5. The molecule has 3 aromatic rings. The maximum atomic E-state index is 11.5. The first-order valence-corrected chi connectivity index (χ1v) is 9.81. The zero-order valence-electron chi connectivity index (χ0n) is 16.0. The number of hydrogen-bond acceptors (Lipinski definition) is 3. The van der Waals surface area contributed by atoms with E-state index in [2.05, 4.69) is 70.3 Å². The normalized spacial score (nSPS) is 12.1. The Morgan fingerprint density at radius 1 is 1.15 bits per heavy atom. The highest BCUT2D eigenvalue weighted by molar-refractivity contribution is 9.10. The first-order valence-electron chi connectivity index (χ1n) is 9.02. The summed E-state index contributed by atoms with van der Waals surface area (Å²) in [5.74, 6) is 0.253. The number of rotatable bonds is 6. The van der Waals surface area contributed by atoms with Crippen molar-refractivity contribution in [1.29, 1.82) is 0 Å². The van der Waals surface area contributed by atoms with Crippen LogP contribution in [0.2, 0.25) is 0 Å². The average molecular weight is 430 g/mol. The first-order chi connectivity index (χ1) is 12.7. The van der Waals surface area contributed by atoms with Crippen LogP contribution in [-0.2, 0) is 17.8 Å². The zero-order valence-corrected chi connectivity index (χ0v) is 17.6. The highest BCUT2D eigenvalue weighted by Crippen LogP contribution is 2.30. The van der Waals surface area contributed by atoms with Gasteiger partial charge in [-0.25, -0.2) is 0 Å². The van der Waals surface area contributed by atoms with Gasteiger partial charge in [0, 0.05) is 6.42 Å². The van der Waals surface area contributed by atoms with Gasteiger partial charge in [0.15, 0.2) is 4.73 Å². The highest BCUT2D eigenvalue weighted by Gasteiger charge is 2.30. The summed E-state index contributed by atoms with van der Waals surface area (Å²) in [7, 11) is 0. The van der Waals surface area contributed by atoms with Crippen molar-refractivity contribution in [3.8, 4) is 0 Å². The quantitative estimate of drug-likeness (QED) is 0.597. The number of benzene rings is 2. The topological polar surface area (TPSA) is 68.0 Å². The van der Waals surface area contributed by atoms with E-state index in [0.29, 0.717) is 29.4 Å². The minimum Gasteiger partial charge on any atom is -0.481 e. The molecule has 0 amide bonds. The lowest BCUT2D eigenvalue weighted by atomic mass is 9.89. The van der Waals surface area contributed by atoms with Gasteiger partial charge < -0.3 is 9.67 Å². The summed E-state index contributed by atoms with van der Waals surface area (Å²) in [6.45, 7) is 8.38. The summed E-state index contributed by atoms with van der Waals surface area (Å²) < 4.78 is 2.55. The fraction of sp³-hybridized carbons (Fsp3) is 0.381. The van der Waals surface area contributed by atoms with Gasteiger partial charge in [0.25, 0.3) is 0 Å². The van der Waals surface area contributed by atoms with E-state index in [1.54, 1.807) is 13.8 Å². The number of nitrogens with zero attached hydrogens (tertiary/aromatic N) is 3. The number of hydrogen-bond donors (Lipinski definition) is 1. The Balaban J connectivity index is 2.03. The van der Waals surface area contributed by atoms with Crippen molar-refractivity contribution in [2.75, 3.05) is 0 Å². The number of aromatic nitrogens is 3. The van der Waals surface area contributed by atoms with E-state index in [9.17, 15) is 9.90 Å². The molecular formula is C21H24BrN3O2. The van der Waals surface area contributed by atoms with Crippen molar-refractivity contribution in [2.24, 2.45) is 5.41 Å². The number of fused-ring (bicyclic) bond motifs is 1. The molecule has 0 aliphatic rings. The first kappa shape index (κ1) is 19.5. The van der Waals surface area contributed by atoms with Crippen molar-refractivity contribution in [3.63, 3.8) is 0 Å². The summed E-state index contributed by atoms with van der Waals surface area (Å²) in [5, 5.41) is 20.2. The van der Waals surface area contributed by atoms with E-state index in [0.717, 1.165) is 5.56 Å². The minimum atomic E-state index is -0.909. The molecule has 0 aliphatic carbocycles. The van der Waals surface area contributed by atoms with Crippen LogP contribution in [0, 0.1) is 5.41 Å². The third kappa shape index (κ3) is 3.90. The van der Waals surface area contributed by atoms with E-state index >= 15 is 0 Å². The van der Waals surface area contributed by atoms with Crippen molar-refractivity contribution in [2.45, 2.75) is 46.6 Å². The monoisotopic (exact) mass is 429 g/mol. The van der Waals surface area contributed by atoms with Crippen molar-refractivity contribution >= 4 is 32.7 Å². The number of aliphatic carboxylic acids is 1. The Kier molecular flexibility index (Phi) is 5.38. The van der Waals surface area contributed by atoms with Crippen molar-refractivity contribution in [1.82, 2.24) is 14.8 Å². The lowest BCUT2D eigenvalue weighted by Crippen LogP contribution is -2.28.